The van der Waals surface area contributed by atoms with Crippen LogP contribution in [0.3, 0.4) is 0 Å². The number of aliphatic imine (C=N–C) groups is 1. The second-order valence-corrected chi connectivity index (χ2v) is 7.22. The zero-order chi connectivity index (χ0) is 22.3. The summed E-state index contributed by atoms with van der Waals surface area (Å²) >= 11 is 5.81. The third kappa shape index (κ3) is 4.20. The van der Waals surface area contributed by atoms with Crippen molar-refractivity contribution in [2.75, 3.05) is 12.4 Å². The average molecular weight is 441 g/mol. The van der Waals surface area contributed by atoms with E-state index in [9.17, 15) is 22.8 Å². The van der Waals surface area contributed by atoms with Gasteiger partial charge in [-0.3, -0.25) is 19.5 Å². The summed E-state index contributed by atoms with van der Waals surface area (Å²) in [7, 11) is 1.51. The molecule has 2 aromatic heterocycles. The number of pyridine rings is 2. The lowest BCUT2D eigenvalue weighted by Crippen LogP contribution is -2.47. The van der Waals surface area contributed by atoms with Crippen molar-refractivity contribution in [1.82, 2.24) is 14.9 Å². The Labute approximate surface area is 174 Å². The van der Waals surface area contributed by atoms with Crippen LogP contribution in [0.4, 0.5) is 18.9 Å². The molecule has 0 spiro atoms. The fraction of sp³-hybridized carbons (Fsp3) is 0.278. The zero-order valence-electron chi connectivity index (χ0n) is 15.8. The Morgan fingerprint density at radius 1 is 1.33 bits per heavy atom. The van der Waals surface area contributed by atoms with Gasteiger partial charge in [-0.05, 0) is 25.1 Å². The first kappa shape index (κ1) is 21.5. The molecular formula is C18H16ClF3N6O2. The van der Waals surface area contributed by atoms with Gasteiger partial charge in [0.2, 0.25) is 5.91 Å². The Balaban J connectivity index is 1.86. The van der Waals surface area contributed by atoms with Gasteiger partial charge in [-0.2, -0.15) is 13.2 Å². The van der Waals surface area contributed by atoms with Gasteiger partial charge in [-0.1, -0.05) is 11.6 Å². The van der Waals surface area contributed by atoms with Crippen molar-refractivity contribution in [2.24, 2.45) is 10.7 Å². The van der Waals surface area contributed by atoms with Crippen LogP contribution in [0.25, 0.3) is 0 Å². The fourth-order valence-corrected chi connectivity index (χ4v) is 3.06. The molecule has 1 unspecified atom stereocenters. The van der Waals surface area contributed by atoms with Crippen LogP contribution in [0.1, 0.15) is 35.1 Å². The molecule has 0 aromatic carbocycles. The van der Waals surface area contributed by atoms with E-state index >= 15 is 0 Å². The number of aromatic nitrogens is 2. The third-order valence-corrected chi connectivity index (χ3v) is 4.82. The van der Waals surface area contributed by atoms with Gasteiger partial charge in [0.15, 0.2) is 5.96 Å². The van der Waals surface area contributed by atoms with Crippen LogP contribution in [0, 0.1) is 0 Å². The highest BCUT2D eigenvalue weighted by atomic mass is 35.5. The van der Waals surface area contributed by atoms with E-state index in [1.54, 1.807) is 6.92 Å². The van der Waals surface area contributed by atoms with Crippen LogP contribution in [0.5, 0.6) is 0 Å². The summed E-state index contributed by atoms with van der Waals surface area (Å²) in [6, 6.07) is 3.59. The Kier molecular flexibility index (Phi) is 5.42. The Bertz CT molecular complexity index is 1060. The Morgan fingerprint density at radius 2 is 2.03 bits per heavy atom. The van der Waals surface area contributed by atoms with E-state index in [2.05, 4.69) is 20.3 Å². The third-order valence-electron chi connectivity index (χ3n) is 4.53. The summed E-state index contributed by atoms with van der Waals surface area (Å²) in [5, 5.41) is 2.06. The molecule has 1 aliphatic heterocycles. The lowest BCUT2D eigenvalue weighted by atomic mass is 9.91. The first-order valence-electron chi connectivity index (χ1n) is 8.53. The maximum absolute atomic E-state index is 12.7. The number of anilines is 1. The number of hydrogen-bond acceptors (Lipinski definition) is 6. The van der Waals surface area contributed by atoms with Gasteiger partial charge in [0.25, 0.3) is 5.91 Å². The van der Waals surface area contributed by atoms with Gasteiger partial charge in [-0.25, -0.2) is 9.98 Å². The smallest absolute Gasteiger partial charge is 0.369 e. The molecule has 2 aromatic rings. The van der Waals surface area contributed by atoms with Gasteiger partial charge in [0.1, 0.15) is 11.2 Å². The van der Waals surface area contributed by atoms with Crippen molar-refractivity contribution < 1.29 is 22.8 Å². The average Bonchev–Trinajstić information content (AvgIpc) is 2.65. The van der Waals surface area contributed by atoms with Crippen LogP contribution in [-0.2, 0) is 16.5 Å². The summed E-state index contributed by atoms with van der Waals surface area (Å²) < 4.78 is 38.2. The minimum absolute atomic E-state index is 0.0148. The van der Waals surface area contributed by atoms with Gasteiger partial charge in [0, 0.05) is 25.1 Å². The summed E-state index contributed by atoms with van der Waals surface area (Å²) in [5.74, 6) is -1.02. The van der Waals surface area contributed by atoms with Gasteiger partial charge < -0.3 is 11.1 Å². The molecule has 0 saturated carbocycles. The molecule has 0 aliphatic carbocycles. The molecule has 1 aliphatic rings. The summed E-state index contributed by atoms with van der Waals surface area (Å²) in [6.07, 6.45) is -2.69. The molecule has 1 atom stereocenters. The van der Waals surface area contributed by atoms with Gasteiger partial charge >= 0.3 is 6.18 Å². The summed E-state index contributed by atoms with van der Waals surface area (Å²) in [5.41, 5.74) is 3.95. The number of nitrogens with two attached hydrogens (primary N) is 1. The topological polar surface area (TPSA) is 114 Å². The number of alkyl halides is 3. The van der Waals surface area contributed by atoms with Crippen LogP contribution >= 0.6 is 11.6 Å². The van der Waals surface area contributed by atoms with Crippen molar-refractivity contribution in [3.63, 3.8) is 0 Å². The van der Waals surface area contributed by atoms with E-state index in [0.717, 1.165) is 0 Å². The van der Waals surface area contributed by atoms with Crippen molar-refractivity contribution in [3.8, 4) is 0 Å². The minimum atomic E-state index is -4.63. The number of carbonyl (C=O) groups excluding carboxylic acids is 2. The van der Waals surface area contributed by atoms with Crippen molar-refractivity contribution in [2.45, 2.75) is 25.1 Å². The monoisotopic (exact) mass is 440 g/mol. The molecule has 3 heterocycles. The van der Waals surface area contributed by atoms with Crippen LogP contribution < -0.4 is 11.1 Å². The van der Waals surface area contributed by atoms with E-state index < -0.39 is 28.2 Å². The number of nitrogens with one attached hydrogen (secondary N) is 1. The molecule has 2 amide bonds. The highest BCUT2D eigenvalue weighted by Gasteiger charge is 2.37. The summed E-state index contributed by atoms with van der Waals surface area (Å²) in [4.78, 5) is 37.9. The second-order valence-electron chi connectivity index (χ2n) is 6.81. The van der Waals surface area contributed by atoms with Gasteiger partial charge in [0.05, 0.1) is 22.7 Å². The number of halogens is 4. The summed E-state index contributed by atoms with van der Waals surface area (Å²) in [6.45, 7) is 1.67. The predicted octanol–water partition coefficient (Wildman–Crippen LogP) is 2.79. The molecule has 0 bridgehead atoms. The lowest BCUT2D eigenvalue weighted by molar-refractivity contribution is -0.137. The number of rotatable bonds is 3. The molecule has 3 rings (SSSR count). The van der Waals surface area contributed by atoms with Gasteiger partial charge in [-0.15, -0.1) is 0 Å². The molecule has 158 valence electrons. The number of amides is 2. The van der Waals surface area contributed by atoms with Crippen molar-refractivity contribution in [1.29, 1.82) is 0 Å². The minimum Gasteiger partial charge on any atom is -0.369 e. The van der Waals surface area contributed by atoms with Crippen LogP contribution in [0.2, 0.25) is 5.02 Å². The highest BCUT2D eigenvalue weighted by molar-refractivity contribution is 6.34. The first-order chi connectivity index (χ1) is 13.9. The predicted molar refractivity (Wildman–Crippen MR) is 103 cm³/mol. The van der Waals surface area contributed by atoms with E-state index in [1.807, 2.05) is 0 Å². The number of carbonyl (C=O) groups is 2. The maximum atomic E-state index is 12.7. The molecule has 0 fully saturated rings. The fourth-order valence-electron chi connectivity index (χ4n) is 2.81. The number of guanidine groups is 1. The molecule has 3 N–H and O–H groups in total. The molecule has 30 heavy (non-hydrogen) atoms. The van der Waals surface area contributed by atoms with E-state index in [-0.39, 0.29) is 29.7 Å². The first-order valence-corrected chi connectivity index (χ1v) is 8.91. The normalized spacial score (nSPS) is 19.5. The number of nitrogens with zero attached hydrogens (tertiary/aromatic N) is 4. The molecule has 0 radical (unpaired) electrons. The highest BCUT2D eigenvalue weighted by Crippen LogP contribution is 2.33. The molecular weight excluding hydrogens is 425 g/mol. The standard InChI is InChI=1S/C18H16ClF3N6O2/c1-17(7-13(29)28(2)16(23)27-17)12-6-10(3-4-24-12)26-15(30)14-11(19)5-9(8-25-14)18(20,21)22/h3-6,8H,7H2,1-2H3,(H2,23,27)(H,24,26,30). The van der Waals surface area contributed by atoms with Crippen molar-refractivity contribution in [3.05, 3.63) is 52.6 Å². The number of hydrogen-bond donors (Lipinski definition) is 2. The van der Waals surface area contributed by atoms with E-state index in [4.69, 9.17) is 17.3 Å². The second kappa shape index (κ2) is 7.56. The SMILES string of the molecule is CN1C(=O)CC(C)(c2cc(NC(=O)c3ncc(C(F)(F)F)cc3Cl)ccn2)N=C1N. The van der Waals surface area contributed by atoms with Crippen molar-refractivity contribution >= 4 is 35.1 Å². The largest absolute Gasteiger partial charge is 0.417 e. The lowest BCUT2D eigenvalue weighted by Gasteiger charge is -2.32. The molecule has 0 saturated heterocycles. The maximum Gasteiger partial charge on any atom is 0.417 e. The van der Waals surface area contributed by atoms with E-state index in [0.29, 0.717) is 18.0 Å². The van der Waals surface area contributed by atoms with Crippen LogP contribution in [0.15, 0.2) is 35.6 Å². The molecule has 8 nitrogen and oxygen atoms in total. The quantitative estimate of drug-likeness (QED) is 0.761. The zero-order valence-corrected chi connectivity index (χ0v) is 16.5. The Morgan fingerprint density at radius 3 is 2.63 bits per heavy atom. The molecule has 12 heteroatoms. The Hall–Kier alpha value is -3.21. The van der Waals surface area contributed by atoms with E-state index in [1.165, 1.54) is 30.3 Å². The van der Waals surface area contributed by atoms with Crippen LogP contribution in [-0.4, -0.2) is 39.7 Å².